The zero-order chi connectivity index (χ0) is 17.4. The van der Waals surface area contributed by atoms with Crippen molar-refractivity contribution in [3.63, 3.8) is 0 Å². The van der Waals surface area contributed by atoms with Crippen molar-refractivity contribution in [1.82, 2.24) is 20.4 Å². The van der Waals surface area contributed by atoms with Gasteiger partial charge in [-0.25, -0.2) is 4.98 Å². The zero-order valence-electron chi connectivity index (χ0n) is 14.0. The number of thiazole rings is 1. The first kappa shape index (κ1) is 16.0. The topological polar surface area (TPSA) is 80.9 Å². The van der Waals surface area contributed by atoms with Gasteiger partial charge in [0, 0.05) is 29.1 Å². The molecule has 0 unspecified atom stereocenters. The Kier molecular flexibility index (Phi) is 4.09. The molecule has 1 amide bonds. The number of rotatable bonds is 5. The molecule has 1 aliphatic rings. The van der Waals surface area contributed by atoms with Gasteiger partial charge in [-0.3, -0.25) is 4.79 Å². The molecule has 128 valence electrons. The van der Waals surface area contributed by atoms with E-state index in [-0.39, 0.29) is 11.9 Å². The van der Waals surface area contributed by atoms with Gasteiger partial charge in [0.2, 0.25) is 11.7 Å². The Balaban J connectivity index is 1.56. The molecule has 1 atom stereocenters. The fraction of sp³-hybridized carbons (Fsp3) is 0.333. The van der Waals surface area contributed by atoms with Crippen molar-refractivity contribution in [3.05, 3.63) is 51.8 Å². The number of benzene rings is 1. The van der Waals surface area contributed by atoms with Gasteiger partial charge in [-0.15, -0.1) is 11.3 Å². The summed E-state index contributed by atoms with van der Waals surface area (Å²) in [6.07, 6.45) is 2.26. The van der Waals surface area contributed by atoms with Crippen molar-refractivity contribution in [3.8, 4) is 11.4 Å². The third-order valence-corrected chi connectivity index (χ3v) is 5.24. The van der Waals surface area contributed by atoms with Gasteiger partial charge in [0.25, 0.3) is 5.91 Å². The second-order valence-corrected chi connectivity index (χ2v) is 7.22. The highest BCUT2D eigenvalue weighted by atomic mass is 32.1. The highest BCUT2D eigenvalue weighted by Crippen LogP contribution is 2.42. The third kappa shape index (κ3) is 3.46. The lowest BCUT2D eigenvalue weighted by Crippen LogP contribution is -2.29. The van der Waals surface area contributed by atoms with Gasteiger partial charge in [0.05, 0.1) is 6.04 Å². The highest BCUT2D eigenvalue weighted by Gasteiger charge is 2.35. The summed E-state index contributed by atoms with van der Waals surface area (Å²) in [6, 6.07) is 7.26. The molecule has 25 heavy (non-hydrogen) atoms. The second kappa shape index (κ2) is 6.40. The number of carbonyl (C=O) groups excluding carboxylic acids is 1. The molecule has 0 bridgehead atoms. The Hall–Kier alpha value is -2.54. The van der Waals surface area contributed by atoms with Crippen LogP contribution in [0.15, 0.2) is 34.2 Å². The first-order chi connectivity index (χ1) is 12.1. The number of aryl methyl sites for hydroxylation is 2. The molecule has 0 spiro atoms. The van der Waals surface area contributed by atoms with Crippen LogP contribution in [0.2, 0.25) is 0 Å². The molecule has 7 heteroatoms. The van der Waals surface area contributed by atoms with Gasteiger partial charge < -0.3 is 9.84 Å². The maximum absolute atomic E-state index is 12.8. The molecule has 2 aromatic heterocycles. The number of aromatic nitrogens is 3. The number of carbonyl (C=O) groups is 1. The summed E-state index contributed by atoms with van der Waals surface area (Å²) in [7, 11) is 0. The van der Waals surface area contributed by atoms with Crippen LogP contribution < -0.4 is 5.32 Å². The molecule has 0 saturated heterocycles. The fourth-order valence-electron chi connectivity index (χ4n) is 2.77. The molecule has 3 aromatic rings. The van der Waals surface area contributed by atoms with Crippen molar-refractivity contribution in [2.24, 2.45) is 5.92 Å². The molecule has 1 saturated carbocycles. The molecule has 2 heterocycles. The van der Waals surface area contributed by atoms with Gasteiger partial charge in [-0.1, -0.05) is 17.3 Å². The first-order valence-electron chi connectivity index (χ1n) is 8.24. The Morgan fingerprint density at radius 1 is 1.32 bits per heavy atom. The third-order valence-electron chi connectivity index (χ3n) is 4.19. The van der Waals surface area contributed by atoms with E-state index in [1.165, 1.54) is 0 Å². The Bertz CT molecular complexity index is 913. The van der Waals surface area contributed by atoms with Crippen LogP contribution in [0.5, 0.6) is 0 Å². The Labute approximate surface area is 149 Å². The van der Waals surface area contributed by atoms with Crippen molar-refractivity contribution < 1.29 is 9.32 Å². The lowest BCUT2D eigenvalue weighted by atomic mass is 10.1. The monoisotopic (exact) mass is 354 g/mol. The summed E-state index contributed by atoms with van der Waals surface area (Å²) in [5.74, 6) is 1.36. The maximum atomic E-state index is 12.8. The van der Waals surface area contributed by atoms with E-state index in [0.717, 1.165) is 29.1 Å². The molecular formula is C18H18N4O2S. The SMILES string of the molecule is Cc1csc([C@@H](NC(=O)c2cccc(-c3noc(C)n3)c2)C2CC2)n1. The fourth-order valence-corrected chi connectivity index (χ4v) is 3.71. The molecule has 1 aromatic carbocycles. The summed E-state index contributed by atoms with van der Waals surface area (Å²) in [6.45, 7) is 3.71. The van der Waals surface area contributed by atoms with E-state index in [9.17, 15) is 4.79 Å². The van der Waals surface area contributed by atoms with Gasteiger partial charge in [0.15, 0.2) is 0 Å². The van der Waals surface area contributed by atoms with E-state index < -0.39 is 0 Å². The summed E-state index contributed by atoms with van der Waals surface area (Å²) in [5, 5.41) is 10.1. The Morgan fingerprint density at radius 3 is 2.80 bits per heavy atom. The highest BCUT2D eigenvalue weighted by molar-refractivity contribution is 7.09. The largest absolute Gasteiger partial charge is 0.343 e. The van der Waals surface area contributed by atoms with Gasteiger partial charge in [0.1, 0.15) is 5.01 Å². The molecule has 6 nitrogen and oxygen atoms in total. The average molecular weight is 354 g/mol. The zero-order valence-corrected chi connectivity index (χ0v) is 14.8. The number of amides is 1. The van der Waals surface area contributed by atoms with Crippen LogP contribution in [0.3, 0.4) is 0 Å². The van der Waals surface area contributed by atoms with Gasteiger partial charge in [-0.2, -0.15) is 4.98 Å². The van der Waals surface area contributed by atoms with Crippen molar-refractivity contribution in [2.75, 3.05) is 0 Å². The summed E-state index contributed by atoms with van der Waals surface area (Å²) < 4.78 is 5.02. The number of nitrogens with one attached hydrogen (secondary N) is 1. The molecule has 1 N–H and O–H groups in total. The maximum Gasteiger partial charge on any atom is 0.251 e. The van der Waals surface area contributed by atoms with Crippen LogP contribution in [0.4, 0.5) is 0 Å². The molecule has 1 fully saturated rings. The number of nitrogens with zero attached hydrogens (tertiary/aromatic N) is 3. The van der Waals surface area contributed by atoms with E-state index in [0.29, 0.717) is 23.2 Å². The van der Waals surface area contributed by atoms with Crippen LogP contribution in [0.25, 0.3) is 11.4 Å². The average Bonchev–Trinajstić information content (AvgIpc) is 3.22. The van der Waals surface area contributed by atoms with E-state index in [1.807, 2.05) is 24.4 Å². The summed E-state index contributed by atoms with van der Waals surface area (Å²) in [5.41, 5.74) is 2.34. The lowest BCUT2D eigenvalue weighted by molar-refractivity contribution is 0.0931. The van der Waals surface area contributed by atoms with Crippen LogP contribution in [0, 0.1) is 19.8 Å². The molecule has 1 aliphatic carbocycles. The predicted octanol–water partition coefficient (Wildman–Crippen LogP) is 3.69. The predicted molar refractivity (Wildman–Crippen MR) is 94.3 cm³/mol. The van der Waals surface area contributed by atoms with Crippen LogP contribution in [-0.4, -0.2) is 21.0 Å². The van der Waals surface area contributed by atoms with Crippen molar-refractivity contribution in [1.29, 1.82) is 0 Å². The lowest BCUT2D eigenvalue weighted by Gasteiger charge is -2.16. The second-order valence-electron chi connectivity index (χ2n) is 6.33. The van der Waals surface area contributed by atoms with Crippen molar-refractivity contribution >= 4 is 17.2 Å². The molecule has 0 aliphatic heterocycles. The van der Waals surface area contributed by atoms with Crippen LogP contribution in [-0.2, 0) is 0 Å². The minimum absolute atomic E-state index is 0.0118. The van der Waals surface area contributed by atoms with E-state index in [4.69, 9.17) is 4.52 Å². The number of hydrogen-bond acceptors (Lipinski definition) is 6. The van der Waals surface area contributed by atoms with E-state index in [2.05, 4.69) is 20.4 Å². The van der Waals surface area contributed by atoms with E-state index in [1.54, 1.807) is 30.4 Å². The molecular weight excluding hydrogens is 336 g/mol. The minimum atomic E-state index is -0.105. The van der Waals surface area contributed by atoms with Crippen LogP contribution in [0.1, 0.15) is 45.8 Å². The minimum Gasteiger partial charge on any atom is -0.343 e. The summed E-state index contributed by atoms with van der Waals surface area (Å²) in [4.78, 5) is 21.5. The summed E-state index contributed by atoms with van der Waals surface area (Å²) >= 11 is 1.61. The van der Waals surface area contributed by atoms with Gasteiger partial charge in [-0.05, 0) is 37.8 Å². The van der Waals surface area contributed by atoms with Crippen molar-refractivity contribution in [2.45, 2.75) is 32.7 Å². The number of hydrogen-bond donors (Lipinski definition) is 1. The van der Waals surface area contributed by atoms with Gasteiger partial charge >= 0.3 is 0 Å². The quantitative estimate of drug-likeness (QED) is 0.756. The standard InChI is InChI=1S/C18H18N4O2S/c1-10-9-25-18(19-10)15(12-6-7-12)21-17(23)14-5-3-4-13(8-14)16-20-11(2)24-22-16/h3-5,8-9,12,15H,6-7H2,1-2H3,(H,21,23)/t15-/m0/s1. The first-order valence-corrected chi connectivity index (χ1v) is 9.12. The molecule has 4 rings (SSSR count). The molecule has 0 radical (unpaired) electrons. The normalized spacial score (nSPS) is 15.1. The van der Waals surface area contributed by atoms with Crippen LogP contribution >= 0.6 is 11.3 Å². The Morgan fingerprint density at radius 2 is 2.16 bits per heavy atom. The van der Waals surface area contributed by atoms with E-state index >= 15 is 0 Å². The smallest absolute Gasteiger partial charge is 0.251 e.